The third-order valence-corrected chi connectivity index (χ3v) is 3.46. The molecule has 0 aliphatic carbocycles. The molecule has 1 atom stereocenters. The van der Waals surface area contributed by atoms with Crippen molar-refractivity contribution < 1.29 is 14.3 Å². The Labute approximate surface area is 127 Å². The summed E-state index contributed by atoms with van der Waals surface area (Å²) in [6.07, 6.45) is 7.72. The number of amides is 1. The zero-order chi connectivity index (χ0) is 13.9. The molecule has 6 heteroatoms. The van der Waals surface area contributed by atoms with Crippen molar-refractivity contribution in [3.8, 4) is 0 Å². The Morgan fingerprint density at radius 2 is 1.90 bits per heavy atom. The molecule has 2 N–H and O–H groups in total. The van der Waals surface area contributed by atoms with E-state index >= 15 is 0 Å². The molecule has 1 amide bonds. The van der Waals surface area contributed by atoms with Crippen LogP contribution in [0, 0.1) is 0 Å². The SMILES string of the molecule is COC(=O)CCCCCCCNC(=O)C1CCCN1.Cl. The van der Waals surface area contributed by atoms with E-state index < -0.39 is 0 Å². The second-order valence-electron chi connectivity index (χ2n) is 5.03. The maximum atomic E-state index is 11.7. The number of halogens is 1. The van der Waals surface area contributed by atoms with Gasteiger partial charge >= 0.3 is 5.97 Å². The van der Waals surface area contributed by atoms with Crippen LogP contribution in [0.15, 0.2) is 0 Å². The van der Waals surface area contributed by atoms with Crippen molar-refractivity contribution in [2.45, 2.75) is 57.4 Å². The van der Waals surface area contributed by atoms with Gasteiger partial charge in [0.05, 0.1) is 13.2 Å². The van der Waals surface area contributed by atoms with Crippen molar-refractivity contribution in [1.82, 2.24) is 10.6 Å². The lowest BCUT2D eigenvalue weighted by atomic mass is 10.1. The Kier molecular flexibility index (Phi) is 11.5. The van der Waals surface area contributed by atoms with Gasteiger partial charge in [0.1, 0.15) is 0 Å². The van der Waals surface area contributed by atoms with E-state index in [1.807, 2.05) is 0 Å². The molecule has 1 aliphatic heterocycles. The molecule has 1 heterocycles. The average molecular weight is 307 g/mol. The molecule has 0 saturated carbocycles. The number of methoxy groups -OCH3 is 1. The van der Waals surface area contributed by atoms with Crippen LogP contribution in [0.3, 0.4) is 0 Å². The van der Waals surface area contributed by atoms with E-state index in [1.165, 1.54) is 7.11 Å². The summed E-state index contributed by atoms with van der Waals surface area (Å²) in [6, 6.07) is 0.0278. The molecule has 1 fully saturated rings. The Bertz CT molecular complexity index is 282. The predicted molar refractivity (Wildman–Crippen MR) is 81.0 cm³/mol. The van der Waals surface area contributed by atoms with Crippen LogP contribution in [-0.4, -0.2) is 38.1 Å². The van der Waals surface area contributed by atoms with E-state index in [1.54, 1.807) is 0 Å². The second-order valence-corrected chi connectivity index (χ2v) is 5.03. The molecular formula is C14H27ClN2O3. The van der Waals surface area contributed by atoms with Crippen molar-refractivity contribution in [1.29, 1.82) is 0 Å². The number of hydrogen-bond donors (Lipinski definition) is 2. The van der Waals surface area contributed by atoms with Crippen molar-refractivity contribution >= 4 is 24.3 Å². The van der Waals surface area contributed by atoms with Crippen LogP contribution < -0.4 is 10.6 Å². The molecule has 20 heavy (non-hydrogen) atoms. The average Bonchev–Trinajstić information content (AvgIpc) is 2.95. The van der Waals surface area contributed by atoms with E-state index in [-0.39, 0.29) is 30.3 Å². The van der Waals surface area contributed by atoms with Crippen LogP contribution >= 0.6 is 12.4 Å². The number of unbranched alkanes of at least 4 members (excludes halogenated alkanes) is 4. The quantitative estimate of drug-likeness (QED) is 0.503. The predicted octanol–water partition coefficient (Wildman–Crippen LogP) is 1.79. The molecule has 1 aliphatic rings. The first kappa shape index (κ1) is 19.2. The number of esters is 1. The second kappa shape index (κ2) is 12.0. The van der Waals surface area contributed by atoms with Crippen molar-refractivity contribution in [2.24, 2.45) is 0 Å². The van der Waals surface area contributed by atoms with Gasteiger partial charge in [0, 0.05) is 13.0 Å². The van der Waals surface area contributed by atoms with Gasteiger partial charge in [-0.3, -0.25) is 9.59 Å². The third kappa shape index (κ3) is 8.38. The van der Waals surface area contributed by atoms with Gasteiger partial charge in [-0.15, -0.1) is 12.4 Å². The molecule has 5 nitrogen and oxygen atoms in total. The zero-order valence-electron chi connectivity index (χ0n) is 12.3. The number of rotatable bonds is 9. The first-order chi connectivity index (χ1) is 9.24. The molecule has 118 valence electrons. The number of ether oxygens (including phenoxy) is 1. The minimum Gasteiger partial charge on any atom is -0.469 e. The van der Waals surface area contributed by atoms with Crippen LogP contribution in [0.5, 0.6) is 0 Å². The van der Waals surface area contributed by atoms with Gasteiger partial charge in [-0.1, -0.05) is 19.3 Å². The molecular weight excluding hydrogens is 280 g/mol. The van der Waals surface area contributed by atoms with E-state index in [9.17, 15) is 9.59 Å². The molecule has 0 aromatic rings. The Morgan fingerprint density at radius 3 is 2.55 bits per heavy atom. The van der Waals surface area contributed by atoms with E-state index in [2.05, 4.69) is 15.4 Å². The third-order valence-electron chi connectivity index (χ3n) is 3.46. The van der Waals surface area contributed by atoms with Gasteiger partial charge in [-0.05, 0) is 32.2 Å². The number of carbonyl (C=O) groups is 2. The summed E-state index contributed by atoms with van der Waals surface area (Å²) in [6.45, 7) is 1.71. The standard InChI is InChI=1S/C14H26N2O3.ClH/c1-19-13(17)9-5-3-2-4-6-10-16-14(18)12-8-7-11-15-12;/h12,15H,2-11H2,1H3,(H,16,18);1H. The molecule has 1 saturated heterocycles. The fourth-order valence-electron chi connectivity index (χ4n) is 2.27. The smallest absolute Gasteiger partial charge is 0.305 e. The molecule has 0 spiro atoms. The monoisotopic (exact) mass is 306 g/mol. The van der Waals surface area contributed by atoms with Crippen LogP contribution in [0.25, 0.3) is 0 Å². The first-order valence-electron chi connectivity index (χ1n) is 7.32. The fourth-order valence-corrected chi connectivity index (χ4v) is 2.27. The van der Waals surface area contributed by atoms with E-state index in [4.69, 9.17) is 0 Å². The maximum Gasteiger partial charge on any atom is 0.305 e. The lowest BCUT2D eigenvalue weighted by Crippen LogP contribution is -2.40. The normalized spacial score (nSPS) is 17.4. The van der Waals surface area contributed by atoms with Crippen LogP contribution in [-0.2, 0) is 14.3 Å². The zero-order valence-corrected chi connectivity index (χ0v) is 13.1. The summed E-state index contributed by atoms with van der Waals surface area (Å²) in [5.74, 6) is 0.0134. The summed E-state index contributed by atoms with van der Waals surface area (Å²) >= 11 is 0. The Hall–Kier alpha value is -0.810. The lowest BCUT2D eigenvalue weighted by Gasteiger charge is -2.10. The summed E-state index contributed by atoms with van der Waals surface area (Å²) < 4.78 is 4.58. The largest absolute Gasteiger partial charge is 0.469 e. The highest BCUT2D eigenvalue weighted by Crippen LogP contribution is 2.06. The van der Waals surface area contributed by atoms with Crippen LogP contribution in [0.4, 0.5) is 0 Å². The minimum atomic E-state index is -0.128. The topological polar surface area (TPSA) is 67.4 Å². The van der Waals surface area contributed by atoms with E-state index in [0.29, 0.717) is 6.42 Å². The molecule has 0 aromatic heterocycles. The highest BCUT2D eigenvalue weighted by atomic mass is 35.5. The van der Waals surface area contributed by atoms with Gasteiger partial charge < -0.3 is 15.4 Å². The summed E-state index contributed by atoms with van der Waals surface area (Å²) in [5, 5.41) is 6.15. The highest BCUT2D eigenvalue weighted by molar-refractivity contribution is 5.85. The number of nitrogens with one attached hydrogen (secondary N) is 2. The van der Waals surface area contributed by atoms with Crippen LogP contribution in [0.1, 0.15) is 51.4 Å². The molecule has 0 bridgehead atoms. The highest BCUT2D eigenvalue weighted by Gasteiger charge is 2.20. The molecule has 1 rings (SSSR count). The molecule has 1 unspecified atom stereocenters. The summed E-state index contributed by atoms with van der Waals surface area (Å²) in [4.78, 5) is 22.5. The van der Waals surface area contributed by atoms with Gasteiger partial charge in [-0.2, -0.15) is 0 Å². The fraction of sp³-hybridized carbons (Fsp3) is 0.857. The molecule has 0 radical (unpaired) electrons. The van der Waals surface area contributed by atoms with Crippen molar-refractivity contribution in [2.75, 3.05) is 20.2 Å². The Balaban J connectivity index is 0.00000361. The van der Waals surface area contributed by atoms with Gasteiger partial charge in [-0.25, -0.2) is 0 Å². The van der Waals surface area contributed by atoms with Gasteiger partial charge in [0.25, 0.3) is 0 Å². The summed E-state index contributed by atoms with van der Waals surface area (Å²) in [7, 11) is 1.42. The summed E-state index contributed by atoms with van der Waals surface area (Å²) in [5.41, 5.74) is 0. The first-order valence-corrected chi connectivity index (χ1v) is 7.32. The maximum absolute atomic E-state index is 11.7. The van der Waals surface area contributed by atoms with Gasteiger partial charge in [0.15, 0.2) is 0 Å². The van der Waals surface area contributed by atoms with Crippen molar-refractivity contribution in [3.63, 3.8) is 0 Å². The Morgan fingerprint density at radius 1 is 1.20 bits per heavy atom. The molecule has 0 aromatic carbocycles. The van der Waals surface area contributed by atoms with E-state index in [0.717, 1.165) is 58.0 Å². The minimum absolute atomic E-state index is 0. The van der Waals surface area contributed by atoms with Crippen molar-refractivity contribution in [3.05, 3.63) is 0 Å². The van der Waals surface area contributed by atoms with Gasteiger partial charge in [0.2, 0.25) is 5.91 Å². The van der Waals surface area contributed by atoms with Crippen LogP contribution in [0.2, 0.25) is 0 Å². The number of hydrogen-bond acceptors (Lipinski definition) is 4. The number of carbonyl (C=O) groups excluding carboxylic acids is 2. The lowest BCUT2D eigenvalue weighted by molar-refractivity contribution is -0.140.